The number of epoxide rings is 1. The van der Waals surface area contributed by atoms with Crippen molar-refractivity contribution < 1.29 is 23.7 Å². The first-order valence-electron chi connectivity index (χ1n) is 9.35. The van der Waals surface area contributed by atoms with Crippen LogP contribution in [0, 0.1) is 0 Å². The lowest BCUT2D eigenvalue weighted by molar-refractivity contribution is 0.0866. The van der Waals surface area contributed by atoms with E-state index in [-0.39, 0.29) is 5.78 Å². The Morgan fingerprint density at radius 2 is 1.59 bits per heavy atom. The Hall–Kier alpha value is -3.31. The zero-order chi connectivity index (χ0) is 20.3. The second kappa shape index (κ2) is 7.97. The third kappa shape index (κ3) is 3.69. The highest BCUT2D eigenvalue weighted by molar-refractivity contribution is 6.06. The second-order valence-corrected chi connectivity index (χ2v) is 6.79. The lowest BCUT2D eigenvalue weighted by Gasteiger charge is -2.17. The van der Waals surface area contributed by atoms with Crippen LogP contribution in [0.15, 0.2) is 72.8 Å². The molecule has 0 bridgehead atoms. The molecule has 1 aliphatic rings. The third-order valence-electron chi connectivity index (χ3n) is 5.02. The summed E-state index contributed by atoms with van der Waals surface area (Å²) in [7, 11) is 3.14. The molecule has 1 unspecified atom stereocenters. The van der Waals surface area contributed by atoms with Gasteiger partial charge in [0.05, 0.1) is 26.4 Å². The zero-order valence-electron chi connectivity index (χ0n) is 16.4. The summed E-state index contributed by atoms with van der Waals surface area (Å²) in [6.07, 6.45) is 0. The number of methoxy groups -OCH3 is 2. The van der Waals surface area contributed by atoms with Gasteiger partial charge < -0.3 is 18.9 Å². The van der Waals surface area contributed by atoms with Gasteiger partial charge in [-0.15, -0.1) is 0 Å². The maximum absolute atomic E-state index is 13.4. The SMILES string of the molecule is COc1ccc(C2(C(=O)c3ccccc3OCc3ccccc3)CO2)cc1OC. The molecule has 5 nitrogen and oxygen atoms in total. The summed E-state index contributed by atoms with van der Waals surface area (Å²) in [5, 5.41) is 0. The third-order valence-corrected chi connectivity index (χ3v) is 5.02. The number of hydrogen-bond donors (Lipinski definition) is 0. The molecule has 1 atom stereocenters. The summed E-state index contributed by atoms with van der Waals surface area (Å²) in [6.45, 7) is 0.698. The Kier molecular flexibility index (Phi) is 5.23. The monoisotopic (exact) mass is 390 g/mol. The van der Waals surface area contributed by atoms with E-state index in [0.29, 0.717) is 36.0 Å². The van der Waals surface area contributed by atoms with Crippen molar-refractivity contribution in [1.82, 2.24) is 0 Å². The van der Waals surface area contributed by atoms with Gasteiger partial charge in [0.25, 0.3) is 0 Å². The van der Waals surface area contributed by atoms with Gasteiger partial charge in [0.1, 0.15) is 12.4 Å². The number of carbonyl (C=O) groups excluding carboxylic acids is 1. The van der Waals surface area contributed by atoms with Crippen molar-refractivity contribution >= 4 is 5.78 Å². The van der Waals surface area contributed by atoms with Gasteiger partial charge >= 0.3 is 0 Å². The summed E-state index contributed by atoms with van der Waals surface area (Å²) in [4.78, 5) is 13.4. The summed E-state index contributed by atoms with van der Waals surface area (Å²) >= 11 is 0. The molecule has 0 amide bonds. The molecule has 0 saturated carbocycles. The van der Waals surface area contributed by atoms with Crippen LogP contribution in [0.3, 0.4) is 0 Å². The van der Waals surface area contributed by atoms with Gasteiger partial charge in [-0.3, -0.25) is 4.79 Å². The van der Waals surface area contributed by atoms with Crippen LogP contribution in [-0.2, 0) is 16.9 Å². The van der Waals surface area contributed by atoms with Gasteiger partial charge in [-0.1, -0.05) is 48.5 Å². The first kappa shape index (κ1) is 19.0. The predicted octanol–water partition coefficient (Wildman–Crippen LogP) is 4.39. The van der Waals surface area contributed by atoms with Gasteiger partial charge in [-0.25, -0.2) is 0 Å². The standard InChI is InChI=1S/C24H22O5/c1-26-21-13-12-18(14-22(21)27-2)24(16-29-24)23(25)19-10-6-7-11-20(19)28-15-17-8-4-3-5-9-17/h3-14H,15-16H2,1-2H3. The van der Waals surface area contributed by atoms with E-state index in [1.54, 1.807) is 38.5 Å². The minimum atomic E-state index is -1.02. The molecule has 1 fully saturated rings. The van der Waals surface area contributed by atoms with Crippen LogP contribution in [0.4, 0.5) is 0 Å². The van der Waals surface area contributed by atoms with Crippen molar-refractivity contribution in [1.29, 1.82) is 0 Å². The summed E-state index contributed by atoms with van der Waals surface area (Å²) in [5.41, 5.74) is 1.24. The van der Waals surface area contributed by atoms with Crippen LogP contribution in [0.2, 0.25) is 0 Å². The van der Waals surface area contributed by atoms with E-state index in [9.17, 15) is 4.79 Å². The largest absolute Gasteiger partial charge is 0.493 e. The van der Waals surface area contributed by atoms with E-state index in [1.165, 1.54) is 0 Å². The summed E-state index contributed by atoms with van der Waals surface area (Å²) < 4.78 is 22.3. The molecule has 1 saturated heterocycles. The van der Waals surface area contributed by atoms with E-state index < -0.39 is 5.60 Å². The summed E-state index contributed by atoms with van der Waals surface area (Å²) in [5.74, 6) is 1.57. The Labute approximate surface area is 169 Å². The van der Waals surface area contributed by atoms with Gasteiger partial charge in [0.15, 0.2) is 17.1 Å². The number of carbonyl (C=O) groups is 1. The first-order valence-corrected chi connectivity index (χ1v) is 9.35. The number of Topliss-reactive ketones (excluding diaryl/α,β-unsaturated/α-hetero) is 1. The predicted molar refractivity (Wildman–Crippen MR) is 109 cm³/mol. The lowest BCUT2D eigenvalue weighted by atomic mass is 9.90. The molecule has 5 heteroatoms. The molecular formula is C24H22O5. The van der Waals surface area contributed by atoms with Gasteiger partial charge in [-0.05, 0) is 35.4 Å². The van der Waals surface area contributed by atoms with Crippen molar-refractivity contribution in [3.8, 4) is 17.2 Å². The fourth-order valence-electron chi connectivity index (χ4n) is 3.32. The lowest BCUT2D eigenvalue weighted by Crippen LogP contribution is -2.23. The van der Waals surface area contributed by atoms with Crippen LogP contribution >= 0.6 is 0 Å². The Morgan fingerprint density at radius 1 is 0.897 bits per heavy atom. The highest BCUT2D eigenvalue weighted by Gasteiger charge is 2.54. The molecule has 0 aromatic heterocycles. The van der Waals surface area contributed by atoms with Crippen LogP contribution in [0.1, 0.15) is 21.5 Å². The Bertz CT molecular complexity index is 1010. The normalized spacial score (nSPS) is 17.4. The van der Waals surface area contributed by atoms with Crippen molar-refractivity contribution in [2.75, 3.05) is 20.8 Å². The number of para-hydroxylation sites is 1. The molecular weight excluding hydrogens is 368 g/mol. The Morgan fingerprint density at radius 3 is 2.28 bits per heavy atom. The molecule has 1 aliphatic heterocycles. The van der Waals surface area contributed by atoms with Crippen LogP contribution < -0.4 is 14.2 Å². The molecule has 148 valence electrons. The smallest absolute Gasteiger partial charge is 0.205 e. The van der Waals surface area contributed by atoms with E-state index in [2.05, 4.69) is 0 Å². The molecule has 0 spiro atoms. The van der Waals surface area contributed by atoms with Crippen LogP contribution in [0.5, 0.6) is 17.2 Å². The van der Waals surface area contributed by atoms with Gasteiger partial charge in [0.2, 0.25) is 5.78 Å². The van der Waals surface area contributed by atoms with E-state index >= 15 is 0 Å². The highest BCUT2D eigenvalue weighted by Crippen LogP contribution is 2.45. The van der Waals surface area contributed by atoms with Crippen molar-refractivity contribution in [2.45, 2.75) is 12.2 Å². The molecule has 4 rings (SSSR count). The number of ether oxygens (including phenoxy) is 4. The van der Waals surface area contributed by atoms with Gasteiger partial charge in [0, 0.05) is 0 Å². The minimum Gasteiger partial charge on any atom is -0.493 e. The topological polar surface area (TPSA) is 57.3 Å². The molecule has 0 N–H and O–H groups in total. The number of rotatable bonds is 8. The molecule has 3 aromatic carbocycles. The fourth-order valence-corrected chi connectivity index (χ4v) is 3.32. The Balaban J connectivity index is 1.61. The zero-order valence-corrected chi connectivity index (χ0v) is 16.4. The second-order valence-electron chi connectivity index (χ2n) is 6.79. The van der Waals surface area contributed by atoms with E-state index in [1.807, 2.05) is 48.5 Å². The highest BCUT2D eigenvalue weighted by atomic mass is 16.6. The maximum atomic E-state index is 13.4. The average Bonchev–Trinajstić information content (AvgIpc) is 3.59. The van der Waals surface area contributed by atoms with Crippen molar-refractivity contribution in [3.05, 3.63) is 89.5 Å². The summed E-state index contributed by atoms with van der Waals surface area (Å²) in [6, 6.07) is 22.5. The first-order chi connectivity index (χ1) is 14.2. The van der Waals surface area contributed by atoms with Crippen LogP contribution in [0.25, 0.3) is 0 Å². The molecule has 3 aromatic rings. The fraction of sp³-hybridized carbons (Fsp3) is 0.208. The molecule has 0 radical (unpaired) electrons. The number of ketones is 1. The number of benzene rings is 3. The van der Waals surface area contributed by atoms with E-state index in [0.717, 1.165) is 11.1 Å². The quantitative estimate of drug-likeness (QED) is 0.422. The van der Waals surface area contributed by atoms with Crippen LogP contribution in [-0.4, -0.2) is 26.6 Å². The van der Waals surface area contributed by atoms with E-state index in [4.69, 9.17) is 18.9 Å². The van der Waals surface area contributed by atoms with Crippen molar-refractivity contribution in [2.24, 2.45) is 0 Å². The molecule has 0 aliphatic carbocycles. The minimum absolute atomic E-state index is 0.131. The maximum Gasteiger partial charge on any atom is 0.205 e. The van der Waals surface area contributed by atoms with Crippen molar-refractivity contribution in [3.63, 3.8) is 0 Å². The number of hydrogen-bond acceptors (Lipinski definition) is 5. The average molecular weight is 390 g/mol. The molecule has 29 heavy (non-hydrogen) atoms. The molecule has 1 heterocycles. The van der Waals surface area contributed by atoms with Gasteiger partial charge in [-0.2, -0.15) is 0 Å².